The molecule has 0 radical (unpaired) electrons. The fourth-order valence-electron chi connectivity index (χ4n) is 0.0831. The van der Waals surface area contributed by atoms with E-state index in [1.807, 2.05) is 0 Å². The molecule has 0 amide bonds. The monoisotopic (exact) mass is 121 g/mol. The number of hydrogen-bond donors (Lipinski definition) is 2. The molecular weight excluding hydrogens is 114 g/mol. The summed E-state index contributed by atoms with van der Waals surface area (Å²) in [5.74, 6) is -0.511. The molecule has 0 fully saturated rings. The van der Waals surface area contributed by atoms with E-state index in [9.17, 15) is 4.79 Å². The second-order valence-electron chi connectivity index (χ2n) is 1.20. The predicted octanol–water partition coefficient (Wildman–Crippen LogP) is -0.278. The average molecular weight is 121 g/mol. The first kappa shape index (κ1) is 6.78. The second-order valence-corrected chi connectivity index (χ2v) is 1.38. The van der Waals surface area contributed by atoms with Gasteiger partial charge in [-0.1, -0.05) is 0 Å². The van der Waals surface area contributed by atoms with Crippen molar-refractivity contribution in [2.75, 3.05) is 0 Å². The molecule has 0 aromatic rings. The number of carbonyl (C=O) groups is 1. The molecule has 0 aliphatic heterocycles. The van der Waals surface area contributed by atoms with Crippen molar-refractivity contribution >= 4 is 18.9 Å². The van der Waals surface area contributed by atoms with Crippen LogP contribution in [-0.4, -0.2) is 12.0 Å². The van der Waals surface area contributed by atoms with E-state index < -0.39 is 12.0 Å². The van der Waals surface area contributed by atoms with Gasteiger partial charge in [-0.15, -0.1) is 0 Å². The highest BCUT2D eigenvalue weighted by Gasteiger charge is 2.04. The maximum Gasteiger partial charge on any atom is 0.334 e. The summed E-state index contributed by atoms with van der Waals surface area (Å²) in [6, 6.07) is -0.572. The van der Waals surface area contributed by atoms with Gasteiger partial charge in [-0.2, -0.15) is 0 Å². The van der Waals surface area contributed by atoms with Crippen molar-refractivity contribution in [2.24, 2.45) is 5.73 Å². The number of hydrogen-bond acceptors (Lipinski definition) is 4. The molecule has 3 nitrogen and oxygen atoms in total. The molecule has 0 saturated carbocycles. The molecule has 4 heteroatoms. The van der Waals surface area contributed by atoms with Crippen LogP contribution in [-0.2, 0) is 8.98 Å². The Morgan fingerprint density at radius 1 is 2.00 bits per heavy atom. The molecular formula is C3H7NO2S. The third kappa shape index (κ3) is 2.47. The maximum atomic E-state index is 10.1. The van der Waals surface area contributed by atoms with Crippen LogP contribution < -0.4 is 5.73 Å². The van der Waals surface area contributed by atoms with Crippen LogP contribution in [0, 0.1) is 0 Å². The van der Waals surface area contributed by atoms with Gasteiger partial charge in [0, 0.05) is 12.9 Å². The topological polar surface area (TPSA) is 52.3 Å². The lowest BCUT2D eigenvalue weighted by atomic mass is 10.4. The van der Waals surface area contributed by atoms with Crippen LogP contribution in [0.1, 0.15) is 6.92 Å². The Morgan fingerprint density at radius 3 is 2.43 bits per heavy atom. The van der Waals surface area contributed by atoms with Gasteiger partial charge in [-0.05, 0) is 6.92 Å². The molecule has 0 saturated heterocycles. The van der Waals surface area contributed by atoms with E-state index in [-0.39, 0.29) is 0 Å². The fraction of sp³-hybridized carbons (Fsp3) is 0.667. The van der Waals surface area contributed by atoms with Crippen LogP contribution in [0.5, 0.6) is 0 Å². The summed E-state index contributed by atoms with van der Waals surface area (Å²) in [5, 5.41) is 0. The maximum absolute atomic E-state index is 10.1. The molecule has 0 spiro atoms. The molecule has 0 heterocycles. The van der Waals surface area contributed by atoms with Gasteiger partial charge >= 0.3 is 5.97 Å². The molecule has 7 heavy (non-hydrogen) atoms. The minimum atomic E-state index is -0.572. The number of rotatable bonds is 1. The van der Waals surface area contributed by atoms with E-state index in [1.54, 1.807) is 0 Å². The minimum Gasteiger partial charge on any atom is -0.394 e. The van der Waals surface area contributed by atoms with Crippen LogP contribution in [0.3, 0.4) is 0 Å². The van der Waals surface area contributed by atoms with E-state index in [2.05, 4.69) is 17.1 Å². The van der Waals surface area contributed by atoms with Crippen LogP contribution in [0.25, 0.3) is 0 Å². The zero-order chi connectivity index (χ0) is 5.86. The first-order valence-electron chi connectivity index (χ1n) is 1.79. The first-order chi connectivity index (χ1) is 3.18. The van der Waals surface area contributed by atoms with Gasteiger partial charge in [-0.25, -0.2) is 4.79 Å². The van der Waals surface area contributed by atoms with Gasteiger partial charge < -0.3 is 9.92 Å². The lowest BCUT2D eigenvalue weighted by Crippen LogP contribution is -2.26. The zero-order valence-corrected chi connectivity index (χ0v) is 4.81. The zero-order valence-electron chi connectivity index (χ0n) is 3.92. The van der Waals surface area contributed by atoms with Crippen molar-refractivity contribution in [1.82, 2.24) is 0 Å². The van der Waals surface area contributed by atoms with Crippen molar-refractivity contribution in [3.63, 3.8) is 0 Å². The van der Waals surface area contributed by atoms with E-state index in [0.717, 1.165) is 0 Å². The Morgan fingerprint density at radius 2 is 2.43 bits per heavy atom. The molecule has 0 aromatic carbocycles. The van der Waals surface area contributed by atoms with Crippen LogP contribution in [0.4, 0.5) is 0 Å². The number of nitrogens with two attached hydrogens (primary N) is 1. The fourth-order valence-corrected chi connectivity index (χ4v) is 0.249. The number of thiol groups is 1. The summed E-state index contributed by atoms with van der Waals surface area (Å²) < 4.78 is 3.94. The Hall–Kier alpha value is -0.220. The summed E-state index contributed by atoms with van der Waals surface area (Å²) in [6.45, 7) is 1.53. The van der Waals surface area contributed by atoms with Gasteiger partial charge in [0.2, 0.25) is 0 Å². The van der Waals surface area contributed by atoms with Crippen LogP contribution >= 0.6 is 12.9 Å². The molecule has 1 atom stereocenters. The van der Waals surface area contributed by atoms with Crippen molar-refractivity contribution in [3.05, 3.63) is 0 Å². The summed E-state index contributed by atoms with van der Waals surface area (Å²) in [4.78, 5) is 10.1. The molecule has 0 aliphatic carbocycles. The summed E-state index contributed by atoms with van der Waals surface area (Å²) >= 11 is 3.23. The van der Waals surface area contributed by atoms with Crippen LogP contribution in [0.2, 0.25) is 0 Å². The van der Waals surface area contributed by atoms with Gasteiger partial charge in [0.1, 0.15) is 6.04 Å². The Bertz CT molecular complexity index is 73.3. The third-order valence-corrected chi connectivity index (χ3v) is 0.642. The molecule has 0 unspecified atom stereocenters. The van der Waals surface area contributed by atoms with Crippen LogP contribution in [0.15, 0.2) is 0 Å². The van der Waals surface area contributed by atoms with Crippen molar-refractivity contribution < 1.29 is 8.98 Å². The van der Waals surface area contributed by atoms with Gasteiger partial charge in [-0.3, -0.25) is 0 Å². The lowest BCUT2D eigenvalue weighted by Gasteiger charge is -1.96. The molecule has 42 valence electrons. The van der Waals surface area contributed by atoms with E-state index in [0.29, 0.717) is 0 Å². The summed E-state index contributed by atoms with van der Waals surface area (Å²) in [5.41, 5.74) is 5.02. The highest BCUT2D eigenvalue weighted by atomic mass is 32.1. The Balaban J connectivity index is 3.35. The molecule has 2 N–H and O–H groups in total. The lowest BCUT2D eigenvalue weighted by molar-refractivity contribution is -0.133. The highest BCUT2D eigenvalue weighted by Crippen LogP contribution is 1.84. The molecule has 0 rings (SSSR count). The number of carbonyl (C=O) groups excluding carboxylic acids is 1. The van der Waals surface area contributed by atoms with Gasteiger partial charge in [0.25, 0.3) is 0 Å². The normalized spacial score (nSPS) is 13.0. The van der Waals surface area contributed by atoms with Crippen molar-refractivity contribution in [2.45, 2.75) is 13.0 Å². The molecule has 0 aromatic heterocycles. The van der Waals surface area contributed by atoms with Gasteiger partial charge in [0.15, 0.2) is 0 Å². The minimum absolute atomic E-state index is 0.511. The molecule has 0 bridgehead atoms. The van der Waals surface area contributed by atoms with Gasteiger partial charge in [0.05, 0.1) is 0 Å². The van der Waals surface area contributed by atoms with E-state index in [4.69, 9.17) is 5.73 Å². The quantitative estimate of drug-likeness (QED) is 0.370. The Labute approximate surface area is 47.4 Å². The van der Waals surface area contributed by atoms with E-state index in [1.165, 1.54) is 6.92 Å². The largest absolute Gasteiger partial charge is 0.394 e. The highest BCUT2D eigenvalue weighted by molar-refractivity contribution is 7.75. The first-order valence-corrected chi connectivity index (χ1v) is 2.16. The summed E-state index contributed by atoms with van der Waals surface area (Å²) in [6.07, 6.45) is 0. The smallest absolute Gasteiger partial charge is 0.334 e. The Kier molecular flexibility index (Phi) is 2.78. The second kappa shape index (κ2) is 2.87. The SMILES string of the molecule is C[C@@H](N)C(=O)OS. The van der Waals surface area contributed by atoms with E-state index >= 15 is 0 Å². The predicted molar refractivity (Wildman–Crippen MR) is 28.7 cm³/mol. The third-order valence-electron chi connectivity index (χ3n) is 0.462. The standard InChI is InChI=1S/C3H7NO2S/c1-2(4)3(5)6-7/h2,7H,4H2,1H3/t2-/m1/s1. The average Bonchev–Trinajstić information content (AvgIpc) is 1.65. The van der Waals surface area contributed by atoms with Crippen molar-refractivity contribution in [3.8, 4) is 0 Å². The summed E-state index contributed by atoms with van der Waals surface area (Å²) in [7, 11) is 0. The van der Waals surface area contributed by atoms with Crippen molar-refractivity contribution in [1.29, 1.82) is 0 Å². The molecule has 0 aliphatic rings.